The minimum absolute atomic E-state index is 0.176. The van der Waals surface area contributed by atoms with E-state index < -0.39 is 12.0 Å². The summed E-state index contributed by atoms with van der Waals surface area (Å²) in [6.07, 6.45) is 3.07. The van der Waals surface area contributed by atoms with E-state index >= 15 is 0 Å². The molecule has 0 bridgehead atoms. The van der Waals surface area contributed by atoms with Crippen LogP contribution in [0.5, 0.6) is 17.2 Å². The zero-order valence-electron chi connectivity index (χ0n) is 27.8. The maximum atomic E-state index is 14.3. The Hall–Kier alpha value is -4.86. The molecule has 0 spiro atoms. The first-order valence-electron chi connectivity index (χ1n) is 16.3. The van der Waals surface area contributed by atoms with Crippen LogP contribution in [0.4, 0.5) is 0 Å². The molecular formula is C39H37ClN2O6S. The maximum Gasteiger partial charge on any atom is 0.338 e. The molecule has 5 aromatic rings. The lowest BCUT2D eigenvalue weighted by atomic mass is 9.93. The molecule has 252 valence electrons. The molecule has 0 N–H and O–H groups in total. The van der Waals surface area contributed by atoms with Gasteiger partial charge in [0.25, 0.3) is 5.56 Å². The standard InChI is InChI=1S/C39H37ClN2O6S/c1-5-11-30-35(38(44)47-7-3)36(29-22-27(40)17-19-31(29)45-4)42-37(43)34(49-39(42)41-30)21-24-16-18-32(33(20-24)46-6-2)48-23-26-14-10-13-25-12-8-9-15-28(25)26/h8-10,12-22,36H,5-7,11,23H2,1-4H3/b34-21+/t36-/m1/s1. The van der Waals surface area contributed by atoms with Gasteiger partial charge in [-0.15, -0.1) is 0 Å². The van der Waals surface area contributed by atoms with Gasteiger partial charge in [0, 0.05) is 10.6 Å². The second kappa shape index (κ2) is 15.1. The van der Waals surface area contributed by atoms with E-state index in [2.05, 4.69) is 24.3 Å². The Balaban J connectivity index is 1.43. The minimum Gasteiger partial charge on any atom is -0.496 e. The number of ether oxygens (including phenoxy) is 4. The molecule has 0 fully saturated rings. The third kappa shape index (κ3) is 7.00. The van der Waals surface area contributed by atoms with Crippen LogP contribution in [0.2, 0.25) is 5.02 Å². The zero-order chi connectivity index (χ0) is 34.5. The molecule has 4 aromatic carbocycles. The average Bonchev–Trinajstić information content (AvgIpc) is 3.41. The molecule has 0 radical (unpaired) electrons. The molecule has 6 rings (SSSR count). The normalized spacial score (nSPS) is 14.4. The van der Waals surface area contributed by atoms with Gasteiger partial charge in [-0.05, 0) is 78.6 Å². The van der Waals surface area contributed by atoms with Crippen LogP contribution >= 0.6 is 22.9 Å². The molecule has 0 saturated heterocycles. The highest BCUT2D eigenvalue weighted by atomic mass is 35.5. The van der Waals surface area contributed by atoms with Gasteiger partial charge in [0.15, 0.2) is 16.3 Å². The molecule has 1 atom stereocenters. The largest absolute Gasteiger partial charge is 0.496 e. The summed E-state index contributed by atoms with van der Waals surface area (Å²) in [5, 5.41) is 2.73. The van der Waals surface area contributed by atoms with Gasteiger partial charge in [-0.3, -0.25) is 9.36 Å². The lowest BCUT2D eigenvalue weighted by Gasteiger charge is -2.27. The number of halogens is 1. The van der Waals surface area contributed by atoms with Gasteiger partial charge in [0.1, 0.15) is 18.4 Å². The van der Waals surface area contributed by atoms with E-state index in [4.69, 9.17) is 35.5 Å². The summed E-state index contributed by atoms with van der Waals surface area (Å²) in [7, 11) is 1.54. The first kappa shape index (κ1) is 34.0. The Morgan fingerprint density at radius 2 is 1.73 bits per heavy atom. The number of hydrogen-bond donors (Lipinski definition) is 0. The molecule has 0 amide bonds. The van der Waals surface area contributed by atoms with E-state index in [0.717, 1.165) is 28.3 Å². The van der Waals surface area contributed by atoms with Crippen molar-refractivity contribution >= 4 is 45.8 Å². The summed E-state index contributed by atoms with van der Waals surface area (Å²) < 4.78 is 25.5. The molecule has 0 aliphatic carbocycles. The van der Waals surface area contributed by atoms with E-state index in [1.165, 1.54) is 11.3 Å². The first-order valence-corrected chi connectivity index (χ1v) is 17.5. The molecule has 1 aromatic heterocycles. The minimum atomic E-state index is -0.850. The molecule has 1 aliphatic rings. The number of rotatable bonds is 12. The fourth-order valence-corrected chi connectivity index (χ4v) is 7.26. The summed E-state index contributed by atoms with van der Waals surface area (Å²) in [5.41, 5.74) is 2.97. The second-order valence-corrected chi connectivity index (χ2v) is 12.8. The number of allylic oxidation sites excluding steroid dienone is 1. The van der Waals surface area contributed by atoms with Crippen LogP contribution in [0.25, 0.3) is 16.8 Å². The van der Waals surface area contributed by atoms with Crippen LogP contribution in [-0.2, 0) is 16.1 Å². The van der Waals surface area contributed by atoms with E-state index in [1.54, 1.807) is 42.9 Å². The van der Waals surface area contributed by atoms with Crippen molar-refractivity contribution in [3.05, 3.63) is 132 Å². The highest BCUT2D eigenvalue weighted by Crippen LogP contribution is 2.38. The first-order chi connectivity index (χ1) is 23.9. The lowest BCUT2D eigenvalue weighted by Crippen LogP contribution is -2.40. The summed E-state index contributed by atoms with van der Waals surface area (Å²) in [5.74, 6) is 1.13. The number of methoxy groups -OCH3 is 1. The molecule has 0 unspecified atom stereocenters. The lowest BCUT2D eigenvalue weighted by molar-refractivity contribution is -0.139. The molecule has 0 saturated carbocycles. The van der Waals surface area contributed by atoms with Crippen LogP contribution in [-0.4, -0.2) is 30.9 Å². The number of nitrogens with zero attached hydrogens (tertiary/aromatic N) is 2. The van der Waals surface area contributed by atoms with Crippen LogP contribution in [0.15, 0.2) is 99.9 Å². The van der Waals surface area contributed by atoms with Gasteiger partial charge >= 0.3 is 5.97 Å². The fourth-order valence-electron chi connectivity index (χ4n) is 6.06. The van der Waals surface area contributed by atoms with Crippen molar-refractivity contribution in [3.63, 3.8) is 0 Å². The number of hydrogen-bond acceptors (Lipinski definition) is 8. The Labute approximate surface area is 293 Å². The van der Waals surface area contributed by atoms with Crippen molar-refractivity contribution in [1.29, 1.82) is 0 Å². The summed E-state index contributed by atoms with van der Waals surface area (Å²) >= 11 is 7.73. The van der Waals surface area contributed by atoms with Gasteiger partial charge in [-0.25, -0.2) is 9.79 Å². The van der Waals surface area contributed by atoms with Crippen LogP contribution in [0.1, 0.15) is 56.3 Å². The predicted molar refractivity (Wildman–Crippen MR) is 194 cm³/mol. The highest BCUT2D eigenvalue weighted by Gasteiger charge is 2.36. The van der Waals surface area contributed by atoms with Crippen molar-refractivity contribution < 1.29 is 23.7 Å². The van der Waals surface area contributed by atoms with Gasteiger partial charge < -0.3 is 18.9 Å². The van der Waals surface area contributed by atoms with Crippen LogP contribution in [0.3, 0.4) is 0 Å². The van der Waals surface area contributed by atoms with Crippen molar-refractivity contribution in [3.8, 4) is 17.2 Å². The van der Waals surface area contributed by atoms with Crippen molar-refractivity contribution in [2.24, 2.45) is 4.99 Å². The smallest absolute Gasteiger partial charge is 0.338 e. The summed E-state index contributed by atoms with van der Waals surface area (Å²) in [6, 6.07) is 24.3. The number of aromatic nitrogens is 1. The van der Waals surface area contributed by atoms with Gasteiger partial charge in [-0.2, -0.15) is 0 Å². The number of esters is 1. The Bertz CT molecular complexity index is 2230. The number of thiazole rings is 1. The second-order valence-electron chi connectivity index (χ2n) is 11.4. The third-order valence-corrected chi connectivity index (χ3v) is 9.43. The number of carbonyl (C=O) groups excluding carboxylic acids is 1. The quantitative estimate of drug-likeness (QED) is 0.127. The Morgan fingerprint density at radius 3 is 2.51 bits per heavy atom. The number of carbonyl (C=O) groups is 1. The average molecular weight is 697 g/mol. The monoisotopic (exact) mass is 696 g/mol. The molecule has 2 heterocycles. The molecule has 10 heteroatoms. The van der Waals surface area contributed by atoms with Crippen LogP contribution in [0, 0.1) is 0 Å². The van der Waals surface area contributed by atoms with Crippen molar-refractivity contribution in [1.82, 2.24) is 4.57 Å². The zero-order valence-corrected chi connectivity index (χ0v) is 29.4. The SMILES string of the molecule is CCCC1=C(C(=O)OCC)[C@@H](c2cc(Cl)ccc2OC)n2c(s/c(=C/c3ccc(OCc4cccc5ccccc45)c(OCC)c3)c2=O)=N1. The van der Waals surface area contributed by atoms with E-state index in [-0.39, 0.29) is 12.2 Å². The topological polar surface area (TPSA) is 88.4 Å². The van der Waals surface area contributed by atoms with E-state index in [9.17, 15) is 9.59 Å². The number of fused-ring (bicyclic) bond motifs is 2. The highest BCUT2D eigenvalue weighted by molar-refractivity contribution is 7.07. The van der Waals surface area contributed by atoms with Gasteiger partial charge in [0.05, 0.1) is 36.1 Å². The molecule has 1 aliphatic heterocycles. The Kier molecular flexibility index (Phi) is 10.5. The molecular weight excluding hydrogens is 660 g/mol. The van der Waals surface area contributed by atoms with E-state index in [0.29, 0.717) is 68.1 Å². The number of benzene rings is 4. The predicted octanol–water partition coefficient (Wildman–Crippen LogP) is 7.37. The van der Waals surface area contributed by atoms with Crippen molar-refractivity contribution in [2.45, 2.75) is 46.3 Å². The fraction of sp³-hybridized carbons (Fsp3) is 0.256. The van der Waals surface area contributed by atoms with Crippen molar-refractivity contribution in [2.75, 3.05) is 20.3 Å². The Morgan fingerprint density at radius 1 is 0.939 bits per heavy atom. The summed E-state index contributed by atoms with van der Waals surface area (Å²) in [6.45, 7) is 6.66. The van der Waals surface area contributed by atoms with Crippen LogP contribution < -0.4 is 29.1 Å². The third-order valence-electron chi connectivity index (χ3n) is 8.21. The maximum absolute atomic E-state index is 14.3. The summed E-state index contributed by atoms with van der Waals surface area (Å²) in [4.78, 5) is 33.2. The van der Waals surface area contributed by atoms with E-state index in [1.807, 2.05) is 50.2 Å². The molecule has 8 nitrogen and oxygen atoms in total. The van der Waals surface area contributed by atoms with Gasteiger partial charge in [0.2, 0.25) is 0 Å². The molecule has 49 heavy (non-hydrogen) atoms. The van der Waals surface area contributed by atoms with Gasteiger partial charge in [-0.1, -0.05) is 84.8 Å².